The van der Waals surface area contributed by atoms with Crippen molar-refractivity contribution in [2.75, 3.05) is 0 Å². The maximum atomic E-state index is 6.91. The number of rotatable bonds is 0. The predicted octanol–water partition coefficient (Wildman–Crippen LogP) is 11.3. The zero-order chi connectivity index (χ0) is 30.2. The minimum absolute atomic E-state index is 0.470. The van der Waals surface area contributed by atoms with Gasteiger partial charge >= 0.3 is 0 Å². The highest BCUT2D eigenvalue weighted by Crippen LogP contribution is 2.68. The molecule has 0 N–H and O–H groups in total. The summed E-state index contributed by atoms with van der Waals surface area (Å²) in [6, 6.07) is 55.7. The van der Waals surface area contributed by atoms with Crippen LogP contribution in [0.25, 0.3) is 44.2 Å². The maximum absolute atomic E-state index is 6.91. The highest BCUT2D eigenvalue weighted by molar-refractivity contribution is 6.31. The first-order chi connectivity index (χ1) is 22.7. The quantitative estimate of drug-likeness (QED) is 0.168. The van der Waals surface area contributed by atoms with E-state index in [2.05, 4.69) is 152 Å². The van der Waals surface area contributed by atoms with Crippen LogP contribution in [0.5, 0.6) is 0 Å². The molecule has 0 saturated heterocycles. The second-order valence-electron chi connectivity index (χ2n) is 12.8. The van der Waals surface area contributed by atoms with Gasteiger partial charge in [0.05, 0.1) is 10.8 Å². The van der Waals surface area contributed by atoms with Crippen LogP contribution in [0.4, 0.5) is 0 Å². The molecule has 0 atom stereocenters. The molecule has 0 fully saturated rings. The highest BCUT2D eigenvalue weighted by Gasteiger charge is 2.59. The fraction of sp³-hybridized carbons (Fsp3) is 0.0455. The Morgan fingerprint density at radius 2 is 0.913 bits per heavy atom. The van der Waals surface area contributed by atoms with Gasteiger partial charge in [-0.15, -0.1) is 0 Å². The fourth-order valence-corrected chi connectivity index (χ4v) is 9.70. The van der Waals surface area contributed by atoms with Gasteiger partial charge in [0.15, 0.2) is 0 Å². The van der Waals surface area contributed by atoms with E-state index in [1.165, 1.54) is 61.2 Å². The average Bonchev–Trinajstić information content (AvgIpc) is 3.73. The fourth-order valence-electron chi connectivity index (χ4n) is 9.53. The number of halogens is 1. The maximum Gasteiger partial charge on any atom is 0.140 e. The molecular formula is C44H25ClO. The number of hydrogen-bond donors (Lipinski definition) is 0. The number of hydrogen-bond acceptors (Lipinski definition) is 1. The van der Waals surface area contributed by atoms with Crippen molar-refractivity contribution in [1.82, 2.24) is 0 Å². The molecule has 1 nitrogen and oxygen atoms in total. The highest BCUT2D eigenvalue weighted by atomic mass is 35.5. The number of furan rings is 1. The Morgan fingerprint density at radius 1 is 0.391 bits per heavy atom. The molecule has 2 spiro atoms. The van der Waals surface area contributed by atoms with E-state index in [1.54, 1.807) is 0 Å². The third kappa shape index (κ3) is 2.65. The monoisotopic (exact) mass is 604 g/mol. The summed E-state index contributed by atoms with van der Waals surface area (Å²) in [4.78, 5) is 0. The van der Waals surface area contributed by atoms with Crippen LogP contribution in [0.15, 0.2) is 156 Å². The summed E-state index contributed by atoms with van der Waals surface area (Å²) in [5.74, 6) is 0. The van der Waals surface area contributed by atoms with Gasteiger partial charge in [-0.25, -0.2) is 0 Å². The Hall–Kier alpha value is -5.37. The smallest absolute Gasteiger partial charge is 0.140 e. The van der Waals surface area contributed by atoms with Crippen molar-refractivity contribution in [3.8, 4) is 22.3 Å². The summed E-state index contributed by atoms with van der Waals surface area (Å²) in [6.07, 6.45) is 0. The summed E-state index contributed by atoms with van der Waals surface area (Å²) < 4.78 is 6.91. The Labute approximate surface area is 271 Å². The molecule has 3 aliphatic carbocycles. The molecule has 0 unspecified atom stereocenters. The van der Waals surface area contributed by atoms with E-state index in [-0.39, 0.29) is 0 Å². The van der Waals surface area contributed by atoms with Crippen LogP contribution < -0.4 is 0 Å². The third-order valence-corrected chi connectivity index (χ3v) is 11.3. The summed E-state index contributed by atoms with van der Waals surface area (Å²) >= 11 is 6.79. The molecule has 0 amide bonds. The van der Waals surface area contributed by atoms with E-state index in [4.69, 9.17) is 16.0 Å². The van der Waals surface area contributed by atoms with E-state index in [9.17, 15) is 0 Å². The molecule has 3 aliphatic rings. The van der Waals surface area contributed by atoms with Crippen molar-refractivity contribution in [3.05, 3.63) is 201 Å². The summed E-state index contributed by atoms with van der Waals surface area (Å²) in [5, 5.41) is 3.01. The topological polar surface area (TPSA) is 13.1 Å². The average molecular weight is 605 g/mol. The van der Waals surface area contributed by atoms with E-state index in [0.717, 1.165) is 32.5 Å². The molecule has 0 saturated carbocycles. The zero-order valence-electron chi connectivity index (χ0n) is 24.7. The Balaban J connectivity index is 1.39. The van der Waals surface area contributed by atoms with Crippen molar-refractivity contribution in [1.29, 1.82) is 0 Å². The lowest BCUT2D eigenvalue weighted by atomic mass is 9.52. The normalized spacial score (nSPS) is 15.4. The van der Waals surface area contributed by atoms with Crippen LogP contribution in [0.3, 0.4) is 0 Å². The molecule has 0 bridgehead atoms. The van der Waals surface area contributed by atoms with Crippen LogP contribution in [0, 0.1) is 0 Å². The Morgan fingerprint density at radius 3 is 1.57 bits per heavy atom. The first kappa shape index (κ1) is 24.9. The van der Waals surface area contributed by atoms with Crippen LogP contribution in [-0.2, 0) is 10.8 Å². The van der Waals surface area contributed by atoms with Gasteiger partial charge in [0.25, 0.3) is 0 Å². The van der Waals surface area contributed by atoms with Crippen molar-refractivity contribution < 1.29 is 4.42 Å². The van der Waals surface area contributed by atoms with Crippen molar-refractivity contribution in [2.24, 2.45) is 0 Å². The lowest BCUT2D eigenvalue weighted by Gasteiger charge is -2.48. The summed E-state index contributed by atoms with van der Waals surface area (Å²) in [5.41, 5.74) is 16.0. The van der Waals surface area contributed by atoms with Gasteiger partial charge in [-0.2, -0.15) is 0 Å². The molecule has 7 aromatic carbocycles. The molecule has 0 aliphatic heterocycles. The second-order valence-corrected chi connectivity index (χ2v) is 13.3. The molecular weight excluding hydrogens is 580 g/mol. The molecule has 11 rings (SSSR count). The van der Waals surface area contributed by atoms with Crippen LogP contribution in [-0.4, -0.2) is 0 Å². The van der Waals surface area contributed by atoms with Crippen molar-refractivity contribution in [3.63, 3.8) is 0 Å². The van der Waals surface area contributed by atoms with Crippen LogP contribution in [0.2, 0.25) is 5.02 Å². The zero-order valence-corrected chi connectivity index (χ0v) is 25.5. The number of benzene rings is 7. The minimum atomic E-state index is -0.618. The first-order valence-corrected chi connectivity index (χ1v) is 16.3. The van der Waals surface area contributed by atoms with Gasteiger partial charge in [-0.3, -0.25) is 0 Å². The molecule has 0 radical (unpaired) electrons. The SMILES string of the molecule is Clc1ccc2c(c1)-c1ccc3c(oc4ccccc43)c1C21c2ccccc2C2(c3ccccc3-c3ccccc32)c2ccccc21. The number of para-hydroxylation sites is 1. The van der Waals surface area contributed by atoms with Gasteiger partial charge in [-0.05, 0) is 85.5 Å². The standard InChI is InChI=1S/C44H25ClO/c45-26-21-24-35-32(25-26)30-22-23-31-29-13-3-10-20-40(29)46-42(31)41(30)44(35)38-18-8-6-16-36(38)43(37-17-7-9-19-39(37)44)33-14-4-1-11-27(33)28-12-2-5-15-34(28)43/h1-25H. The van der Waals surface area contributed by atoms with Gasteiger partial charge < -0.3 is 4.42 Å². The van der Waals surface area contributed by atoms with E-state index in [1.807, 2.05) is 0 Å². The van der Waals surface area contributed by atoms with Crippen molar-refractivity contribution >= 4 is 33.5 Å². The van der Waals surface area contributed by atoms with E-state index >= 15 is 0 Å². The third-order valence-electron chi connectivity index (χ3n) is 11.0. The molecule has 1 heterocycles. The molecule has 214 valence electrons. The number of fused-ring (bicyclic) bond motifs is 20. The van der Waals surface area contributed by atoms with E-state index in [0.29, 0.717) is 0 Å². The van der Waals surface area contributed by atoms with Gasteiger partial charge in [-0.1, -0.05) is 139 Å². The molecule has 46 heavy (non-hydrogen) atoms. The van der Waals surface area contributed by atoms with Crippen LogP contribution in [0.1, 0.15) is 44.5 Å². The minimum Gasteiger partial charge on any atom is -0.456 e. The van der Waals surface area contributed by atoms with Gasteiger partial charge in [0, 0.05) is 21.4 Å². The predicted molar refractivity (Wildman–Crippen MR) is 187 cm³/mol. The van der Waals surface area contributed by atoms with Gasteiger partial charge in [0.1, 0.15) is 11.2 Å². The Kier molecular flexibility index (Phi) is 4.58. The molecule has 2 heteroatoms. The van der Waals surface area contributed by atoms with Gasteiger partial charge in [0.2, 0.25) is 0 Å². The molecule has 1 aromatic heterocycles. The molecule has 8 aromatic rings. The summed E-state index contributed by atoms with van der Waals surface area (Å²) in [6.45, 7) is 0. The van der Waals surface area contributed by atoms with Crippen molar-refractivity contribution in [2.45, 2.75) is 10.8 Å². The lowest BCUT2D eigenvalue weighted by Crippen LogP contribution is -2.43. The van der Waals surface area contributed by atoms with Crippen LogP contribution >= 0.6 is 11.6 Å². The Bertz CT molecular complexity index is 2530. The lowest BCUT2D eigenvalue weighted by molar-refractivity contribution is 0.614. The largest absolute Gasteiger partial charge is 0.456 e. The second kappa shape index (κ2) is 8.46. The summed E-state index contributed by atoms with van der Waals surface area (Å²) in [7, 11) is 0. The van der Waals surface area contributed by atoms with E-state index < -0.39 is 10.8 Å². The first-order valence-electron chi connectivity index (χ1n) is 15.9.